The number of anilines is 1. The van der Waals surface area contributed by atoms with E-state index in [1.165, 1.54) is 28.6 Å². The number of hydrogen-bond acceptors (Lipinski definition) is 4. The molecule has 1 amide bonds. The zero-order valence-corrected chi connectivity index (χ0v) is 12.0. The van der Waals surface area contributed by atoms with Crippen LogP contribution in [0.5, 0.6) is 0 Å². The van der Waals surface area contributed by atoms with Crippen molar-refractivity contribution in [2.75, 3.05) is 12.3 Å². The molecule has 1 aromatic carbocycles. The molecular weight excluding hydrogens is 278 g/mol. The molecule has 1 aliphatic rings. The fourth-order valence-corrected chi connectivity index (χ4v) is 4.18. The van der Waals surface area contributed by atoms with E-state index in [1.54, 1.807) is 0 Å². The molecule has 110 valence electrons. The lowest BCUT2D eigenvalue weighted by Crippen LogP contribution is -2.44. The summed E-state index contributed by atoms with van der Waals surface area (Å²) in [6.07, 6.45) is 3.47. The number of nitrogens with two attached hydrogens (primary N) is 2. The van der Waals surface area contributed by atoms with Gasteiger partial charge in [-0.3, -0.25) is 4.79 Å². The van der Waals surface area contributed by atoms with Crippen molar-refractivity contribution in [1.29, 1.82) is 0 Å². The minimum absolute atomic E-state index is 0.139. The third-order valence-corrected chi connectivity index (χ3v) is 5.44. The predicted octanol–water partition coefficient (Wildman–Crippen LogP) is 0.687. The summed E-state index contributed by atoms with van der Waals surface area (Å²) in [5.74, 6) is -0.643. The highest BCUT2D eigenvalue weighted by atomic mass is 32.2. The van der Waals surface area contributed by atoms with Gasteiger partial charge in [0.25, 0.3) is 0 Å². The molecule has 0 heterocycles. The maximum atomic E-state index is 12.6. The molecule has 20 heavy (non-hydrogen) atoms. The molecule has 0 aromatic heterocycles. The van der Waals surface area contributed by atoms with E-state index in [4.69, 9.17) is 11.5 Å². The smallest absolute Gasteiger partial charge is 0.243 e. The van der Waals surface area contributed by atoms with Crippen LogP contribution in [0.15, 0.2) is 29.2 Å². The first-order valence-electron chi connectivity index (χ1n) is 6.57. The van der Waals surface area contributed by atoms with Crippen molar-refractivity contribution in [3.05, 3.63) is 24.3 Å². The Balaban J connectivity index is 2.34. The summed E-state index contributed by atoms with van der Waals surface area (Å²) >= 11 is 0. The van der Waals surface area contributed by atoms with Crippen LogP contribution in [0, 0.1) is 0 Å². The highest BCUT2D eigenvalue weighted by molar-refractivity contribution is 7.89. The molecule has 1 fully saturated rings. The Morgan fingerprint density at radius 3 is 2.25 bits per heavy atom. The van der Waals surface area contributed by atoms with Crippen molar-refractivity contribution in [3.63, 3.8) is 0 Å². The monoisotopic (exact) mass is 297 g/mol. The van der Waals surface area contributed by atoms with Gasteiger partial charge >= 0.3 is 0 Å². The van der Waals surface area contributed by atoms with Crippen LogP contribution in [-0.2, 0) is 14.8 Å². The van der Waals surface area contributed by atoms with Crippen molar-refractivity contribution in [1.82, 2.24) is 4.31 Å². The molecule has 0 atom stereocenters. The van der Waals surface area contributed by atoms with E-state index in [-0.39, 0.29) is 17.5 Å². The molecule has 0 unspecified atom stereocenters. The second kappa shape index (κ2) is 5.80. The average Bonchev–Trinajstić information content (AvgIpc) is 2.89. The van der Waals surface area contributed by atoms with Crippen LogP contribution in [0.4, 0.5) is 5.69 Å². The number of carbonyl (C=O) groups is 1. The van der Waals surface area contributed by atoms with Gasteiger partial charge in [-0.05, 0) is 37.1 Å². The molecule has 6 nitrogen and oxygen atoms in total. The third-order valence-electron chi connectivity index (χ3n) is 3.53. The van der Waals surface area contributed by atoms with Crippen LogP contribution in [-0.4, -0.2) is 31.2 Å². The number of benzene rings is 1. The second-order valence-electron chi connectivity index (χ2n) is 5.02. The molecule has 0 bridgehead atoms. The molecular formula is C13H19N3O3S. The molecule has 7 heteroatoms. The summed E-state index contributed by atoms with van der Waals surface area (Å²) in [5, 5.41) is 0. The summed E-state index contributed by atoms with van der Waals surface area (Å²) in [7, 11) is -3.72. The van der Waals surface area contributed by atoms with Gasteiger partial charge in [0, 0.05) is 11.7 Å². The molecule has 0 saturated heterocycles. The number of rotatable bonds is 5. The minimum atomic E-state index is -3.72. The van der Waals surface area contributed by atoms with Crippen LogP contribution >= 0.6 is 0 Å². The minimum Gasteiger partial charge on any atom is -0.399 e. The highest BCUT2D eigenvalue weighted by Gasteiger charge is 2.34. The molecule has 1 saturated carbocycles. The maximum Gasteiger partial charge on any atom is 0.243 e. The molecule has 0 radical (unpaired) electrons. The quantitative estimate of drug-likeness (QED) is 0.780. The fourth-order valence-electron chi connectivity index (χ4n) is 2.53. The summed E-state index contributed by atoms with van der Waals surface area (Å²) < 4.78 is 26.5. The van der Waals surface area contributed by atoms with Gasteiger partial charge in [0.1, 0.15) is 0 Å². The SMILES string of the molecule is NC(=O)CN(C1CCCC1)S(=O)(=O)c1ccc(N)cc1. The first kappa shape index (κ1) is 14.8. The summed E-state index contributed by atoms with van der Waals surface area (Å²) in [4.78, 5) is 11.3. The van der Waals surface area contributed by atoms with Crippen LogP contribution in [0.2, 0.25) is 0 Å². The lowest BCUT2D eigenvalue weighted by atomic mass is 10.2. The van der Waals surface area contributed by atoms with E-state index >= 15 is 0 Å². The summed E-state index contributed by atoms with van der Waals surface area (Å²) in [6.45, 7) is -0.280. The first-order valence-corrected chi connectivity index (χ1v) is 8.01. The number of hydrogen-bond donors (Lipinski definition) is 2. The number of amides is 1. The molecule has 1 aromatic rings. The van der Waals surface area contributed by atoms with Gasteiger partial charge in [-0.25, -0.2) is 8.42 Å². The van der Waals surface area contributed by atoms with Crippen LogP contribution in [0.25, 0.3) is 0 Å². The van der Waals surface area contributed by atoms with E-state index in [2.05, 4.69) is 0 Å². The number of nitrogen functional groups attached to an aromatic ring is 1. The van der Waals surface area contributed by atoms with Crippen molar-refractivity contribution < 1.29 is 13.2 Å². The largest absolute Gasteiger partial charge is 0.399 e. The Morgan fingerprint density at radius 2 is 1.75 bits per heavy atom. The van der Waals surface area contributed by atoms with Crippen molar-refractivity contribution in [3.8, 4) is 0 Å². The normalized spacial score (nSPS) is 16.6. The standard InChI is InChI=1S/C13H19N3O3S/c14-10-5-7-12(8-6-10)20(18,19)16(9-13(15)17)11-3-1-2-4-11/h5-8,11H,1-4,9,14H2,(H2,15,17). The Labute approximate surface area is 118 Å². The Bertz CT molecular complexity index is 577. The Kier molecular flexibility index (Phi) is 4.29. The van der Waals surface area contributed by atoms with Gasteiger partial charge in [-0.2, -0.15) is 4.31 Å². The molecule has 1 aliphatic carbocycles. The topological polar surface area (TPSA) is 106 Å². The molecule has 0 spiro atoms. The maximum absolute atomic E-state index is 12.6. The lowest BCUT2D eigenvalue weighted by molar-refractivity contribution is -0.118. The fraction of sp³-hybridized carbons (Fsp3) is 0.462. The van der Waals surface area contributed by atoms with Gasteiger partial charge in [-0.15, -0.1) is 0 Å². The van der Waals surface area contributed by atoms with Gasteiger partial charge in [0.2, 0.25) is 15.9 Å². The number of primary amides is 1. The predicted molar refractivity (Wildman–Crippen MR) is 76.2 cm³/mol. The zero-order valence-electron chi connectivity index (χ0n) is 11.2. The zero-order chi connectivity index (χ0) is 14.8. The van der Waals surface area contributed by atoms with Crippen molar-refractivity contribution in [2.24, 2.45) is 5.73 Å². The van der Waals surface area contributed by atoms with Gasteiger partial charge < -0.3 is 11.5 Å². The van der Waals surface area contributed by atoms with E-state index < -0.39 is 15.9 Å². The second-order valence-corrected chi connectivity index (χ2v) is 6.91. The van der Waals surface area contributed by atoms with E-state index in [9.17, 15) is 13.2 Å². The highest BCUT2D eigenvalue weighted by Crippen LogP contribution is 2.28. The third kappa shape index (κ3) is 3.10. The average molecular weight is 297 g/mol. The first-order chi connectivity index (χ1) is 9.41. The molecule has 4 N–H and O–H groups in total. The number of sulfonamides is 1. The van der Waals surface area contributed by atoms with E-state index in [0.29, 0.717) is 5.69 Å². The summed E-state index contributed by atoms with van der Waals surface area (Å²) in [5.41, 5.74) is 11.3. The van der Waals surface area contributed by atoms with Crippen LogP contribution in [0.3, 0.4) is 0 Å². The van der Waals surface area contributed by atoms with Crippen LogP contribution < -0.4 is 11.5 Å². The van der Waals surface area contributed by atoms with Crippen LogP contribution in [0.1, 0.15) is 25.7 Å². The molecule has 0 aliphatic heterocycles. The van der Waals surface area contributed by atoms with Gasteiger partial charge in [0.05, 0.1) is 11.4 Å². The van der Waals surface area contributed by atoms with E-state index in [0.717, 1.165) is 25.7 Å². The van der Waals surface area contributed by atoms with E-state index in [1.807, 2.05) is 0 Å². The molecule has 2 rings (SSSR count). The Hall–Kier alpha value is -1.60. The van der Waals surface area contributed by atoms with Crippen molar-refractivity contribution >= 4 is 21.6 Å². The van der Waals surface area contributed by atoms with Crippen molar-refractivity contribution in [2.45, 2.75) is 36.6 Å². The van der Waals surface area contributed by atoms with Gasteiger partial charge in [0.15, 0.2) is 0 Å². The Morgan fingerprint density at radius 1 is 1.20 bits per heavy atom. The number of carbonyl (C=O) groups excluding carboxylic acids is 1. The summed E-state index contributed by atoms with van der Waals surface area (Å²) in [6, 6.07) is 5.82. The van der Waals surface area contributed by atoms with Gasteiger partial charge in [-0.1, -0.05) is 12.8 Å². The lowest BCUT2D eigenvalue weighted by Gasteiger charge is -2.26. The number of nitrogens with zero attached hydrogens (tertiary/aromatic N) is 1.